The molecule has 0 aliphatic rings. The maximum atomic E-state index is 12.1. The molecular weight excluding hydrogens is 253 g/mol. The number of hydrogen-bond acceptors (Lipinski definition) is 3. The zero-order valence-electron chi connectivity index (χ0n) is 7.15. The van der Waals surface area contributed by atoms with Crippen LogP contribution in [0.2, 0.25) is 0 Å². The van der Waals surface area contributed by atoms with E-state index in [1.165, 1.54) is 0 Å². The molecule has 16 heavy (non-hydrogen) atoms. The molecule has 0 aromatic heterocycles. The van der Waals surface area contributed by atoms with Gasteiger partial charge < -0.3 is 4.74 Å². The minimum atomic E-state index is -5.41. The summed E-state index contributed by atoms with van der Waals surface area (Å²) < 4.78 is 85.4. The van der Waals surface area contributed by atoms with Crippen molar-refractivity contribution >= 4 is 11.9 Å². The fourth-order valence-corrected chi connectivity index (χ4v) is 0.371. The molecule has 0 saturated carbocycles. The normalized spacial score (nSPS) is 12.8. The minimum absolute atomic E-state index is 2.61. The zero-order chi connectivity index (χ0) is 13.1. The van der Waals surface area contributed by atoms with Crippen LogP contribution in [0.3, 0.4) is 0 Å². The molecule has 0 unspecified atom stereocenters. The summed E-state index contributed by atoms with van der Waals surface area (Å²) in [7, 11) is 0. The summed E-state index contributed by atoms with van der Waals surface area (Å²) >= 11 is 0. The minimum Gasteiger partial charge on any atom is -0.384 e. The number of halogens is 7. The van der Waals surface area contributed by atoms with E-state index in [4.69, 9.17) is 0 Å². The largest absolute Gasteiger partial charge is 0.402 e. The summed E-state index contributed by atoms with van der Waals surface area (Å²) in [6.07, 6.45) is -4.54. The van der Waals surface area contributed by atoms with Crippen LogP contribution < -0.4 is 0 Å². The van der Waals surface area contributed by atoms with Gasteiger partial charge in [0, 0.05) is 0 Å². The van der Waals surface area contributed by atoms with Gasteiger partial charge in [-0.15, -0.1) is 0 Å². The van der Waals surface area contributed by atoms with Crippen molar-refractivity contribution in [2.24, 2.45) is 0 Å². The van der Waals surface area contributed by atoms with E-state index in [0.717, 1.165) is 0 Å². The smallest absolute Gasteiger partial charge is 0.384 e. The van der Waals surface area contributed by atoms with Crippen LogP contribution >= 0.6 is 0 Å². The lowest BCUT2D eigenvalue weighted by molar-refractivity contribution is -0.206. The lowest BCUT2D eigenvalue weighted by Crippen LogP contribution is -2.43. The molecule has 0 bridgehead atoms. The molecule has 0 radical (unpaired) electrons. The van der Waals surface area contributed by atoms with Gasteiger partial charge in [-0.25, -0.2) is 22.8 Å². The SMILES string of the molecule is O=C(OC(=O)C(F)(F)C(F)F)C(F)(F)CF. The lowest BCUT2D eigenvalue weighted by atomic mass is 10.3. The first-order valence-electron chi connectivity index (χ1n) is 3.42. The van der Waals surface area contributed by atoms with Crippen molar-refractivity contribution in [3.8, 4) is 0 Å². The number of carbonyl (C=O) groups is 2. The van der Waals surface area contributed by atoms with E-state index >= 15 is 0 Å². The van der Waals surface area contributed by atoms with Crippen molar-refractivity contribution < 1.29 is 45.1 Å². The molecule has 3 nitrogen and oxygen atoms in total. The van der Waals surface area contributed by atoms with Crippen LogP contribution in [0.25, 0.3) is 0 Å². The summed E-state index contributed by atoms with van der Waals surface area (Å²) in [6, 6.07) is 0. The predicted molar refractivity (Wildman–Crippen MR) is 33.0 cm³/mol. The molecule has 0 N–H and O–H groups in total. The van der Waals surface area contributed by atoms with Gasteiger partial charge in [0.15, 0.2) is 6.67 Å². The zero-order valence-corrected chi connectivity index (χ0v) is 7.15. The van der Waals surface area contributed by atoms with Crippen molar-refractivity contribution in [2.45, 2.75) is 18.3 Å². The molecule has 0 aliphatic heterocycles. The molecule has 0 fully saturated rings. The van der Waals surface area contributed by atoms with Crippen molar-refractivity contribution in [3.05, 3.63) is 0 Å². The summed E-state index contributed by atoms with van der Waals surface area (Å²) in [5.41, 5.74) is 0. The highest BCUT2D eigenvalue weighted by Crippen LogP contribution is 2.26. The van der Waals surface area contributed by atoms with E-state index in [2.05, 4.69) is 4.74 Å². The van der Waals surface area contributed by atoms with Crippen molar-refractivity contribution in [2.75, 3.05) is 6.67 Å². The van der Waals surface area contributed by atoms with Crippen LogP contribution in [0, 0.1) is 0 Å². The van der Waals surface area contributed by atoms with Gasteiger partial charge in [-0.2, -0.15) is 17.6 Å². The molecule has 10 heteroatoms. The Labute approximate surface area is 83.2 Å². The highest BCUT2D eigenvalue weighted by Gasteiger charge is 2.54. The van der Waals surface area contributed by atoms with Crippen LogP contribution in [0.4, 0.5) is 30.7 Å². The first-order chi connectivity index (χ1) is 7.05. The molecule has 0 heterocycles. The number of carbonyl (C=O) groups excluding carboxylic acids is 2. The summed E-state index contributed by atoms with van der Waals surface area (Å²) in [5.74, 6) is -16.4. The Bertz CT molecular complexity index is 288. The Morgan fingerprint density at radius 2 is 1.50 bits per heavy atom. The van der Waals surface area contributed by atoms with Gasteiger partial charge >= 0.3 is 30.2 Å². The van der Waals surface area contributed by atoms with Gasteiger partial charge in [0.25, 0.3) is 0 Å². The highest BCUT2D eigenvalue weighted by atomic mass is 19.3. The van der Waals surface area contributed by atoms with E-state index in [0.29, 0.717) is 0 Å². The average molecular weight is 256 g/mol. The molecule has 0 aromatic rings. The molecule has 0 amide bonds. The van der Waals surface area contributed by atoms with E-state index in [-0.39, 0.29) is 0 Å². The Kier molecular flexibility index (Phi) is 4.27. The second kappa shape index (κ2) is 4.66. The van der Waals surface area contributed by atoms with Crippen LogP contribution in [0.15, 0.2) is 0 Å². The van der Waals surface area contributed by atoms with Gasteiger partial charge in [-0.3, -0.25) is 0 Å². The van der Waals surface area contributed by atoms with E-state index < -0.39 is 36.9 Å². The summed E-state index contributed by atoms with van der Waals surface area (Å²) in [6.45, 7) is -2.61. The monoisotopic (exact) mass is 256 g/mol. The molecule has 0 aromatic carbocycles. The number of esters is 2. The quantitative estimate of drug-likeness (QED) is 0.435. The molecule has 0 rings (SSSR count). The third-order valence-corrected chi connectivity index (χ3v) is 1.20. The molecular formula is C6H3F7O3. The standard InChI is InChI=1S/C6H3F7O3/c7-1-5(10,11)3(14)16-4(15)6(12,13)2(8)9/h2H,1H2. The van der Waals surface area contributed by atoms with Crippen LogP contribution in [0.5, 0.6) is 0 Å². The first-order valence-corrected chi connectivity index (χ1v) is 3.42. The Morgan fingerprint density at radius 1 is 1.06 bits per heavy atom. The number of alkyl halides is 7. The second-order valence-electron chi connectivity index (χ2n) is 2.44. The van der Waals surface area contributed by atoms with Crippen LogP contribution in [-0.4, -0.2) is 36.9 Å². The fourth-order valence-electron chi connectivity index (χ4n) is 0.371. The van der Waals surface area contributed by atoms with Crippen LogP contribution in [0.1, 0.15) is 0 Å². The van der Waals surface area contributed by atoms with E-state index in [9.17, 15) is 40.3 Å². The highest BCUT2D eigenvalue weighted by molar-refractivity contribution is 5.92. The van der Waals surface area contributed by atoms with Crippen LogP contribution in [-0.2, 0) is 14.3 Å². The van der Waals surface area contributed by atoms with E-state index in [1.54, 1.807) is 0 Å². The lowest BCUT2D eigenvalue weighted by Gasteiger charge is -2.15. The Hall–Kier alpha value is -1.35. The third kappa shape index (κ3) is 3.07. The Balaban J connectivity index is 4.66. The average Bonchev–Trinajstić information content (AvgIpc) is 2.17. The molecule has 0 saturated heterocycles. The van der Waals surface area contributed by atoms with Gasteiger partial charge in [-0.1, -0.05) is 0 Å². The predicted octanol–water partition coefficient (Wildman–Crippen LogP) is 1.56. The van der Waals surface area contributed by atoms with E-state index in [1.807, 2.05) is 0 Å². The summed E-state index contributed by atoms with van der Waals surface area (Å²) in [4.78, 5) is 20.3. The topological polar surface area (TPSA) is 43.4 Å². The maximum absolute atomic E-state index is 12.1. The van der Waals surface area contributed by atoms with Crippen molar-refractivity contribution in [1.82, 2.24) is 0 Å². The second-order valence-corrected chi connectivity index (χ2v) is 2.44. The maximum Gasteiger partial charge on any atom is 0.402 e. The third-order valence-electron chi connectivity index (χ3n) is 1.20. The van der Waals surface area contributed by atoms with Crippen molar-refractivity contribution in [3.63, 3.8) is 0 Å². The van der Waals surface area contributed by atoms with Gasteiger partial charge in [0.1, 0.15) is 0 Å². The molecule has 0 atom stereocenters. The first kappa shape index (κ1) is 14.7. The number of rotatable bonds is 4. The van der Waals surface area contributed by atoms with Gasteiger partial charge in [-0.05, 0) is 0 Å². The number of hydrogen-bond donors (Lipinski definition) is 0. The number of ether oxygens (including phenoxy) is 1. The van der Waals surface area contributed by atoms with Gasteiger partial charge in [0.05, 0.1) is 0 Å². The Morgan fingerprint density at radius 3 is 1.81 bits per heavy atom. The van der Waals surface area contributed by atoms with Crippen molar-refractivity contribution in [1.29, 1.82) is 0 Å². The fraction of sp³-hybridized carbons (Fsp3) is 0.667. The molecule has 0 spiro atoms. The molecule has 94 valence electrons. The molecule has 0 aliphatic carbocycles. The summed E-state index contributed by atoms with van der Waals surface area (Å²) in [5, 5.41) is 0. The van der Waals surface area contributed by atoms with Gasteiger partial charge in [0.2, 0.25) is 0 Å².